The fourth-order valence-electron chi connectivity index (χ4n) is 2.05. The highest BCUT2D eigenvalue weighted by Crippen LogP contribution is 2.43. The molecule has 4 atom stereocenters. The zero-order valence-electron chi connectivity index (χ0n) is 10.0. The monoisotopic (exact) mass is 291 g/mol. The van der Waals surface area contributed by atoms with Gasteiger partial charge in [-0.25, -0.2) is 5.48 Å². The second-order valence-electron chi connectivity index (χ2n) is 4.41. The van der Waals surface area contributed by atoms with E-state index in [0.29, 0.717) is 0 Å². The molecule has 1 aliphatic heterocycles. The summed E-state index contributed by atoms with van der Waals surface area (Å²) in [4.78, 5) is 13.4. The molecule has 4 N–H and O–H groups in total. The highest BCUT2D eigenvalue weighted by atomic mass is 35.5. The van der Waals surface area contributed by atoms with Crippen molar-refractivity contribution >= 4 is 17.5 Å². The minimum Gasteiger partial charge on any atom is -0.394 e. The number of hydrogen-bond donors (Lipinski definition) is 4. The molecule has 1 aliphatic rings. The van der Waals surface area contributed by atoms with E-state index in [1.807, 2.05) is 0 Å². The Labute approximate surface area is 113 Å². The van der Waals surface area contributed by atoms with Crippen LogP contribution in [0.1, 0.15) is 13.2 Å². The normalized spacial score (nSPS) is 34.5. The average Bonchev–Trinajstić information content (AvgIpc) is 2.61. The van der Waals surface area contributed by atoms with E-state index < -0.39 is 35.5 Å². The average molecular weight is 292 g/mol. The van der Waals surface area contributed by atoms with Crippen molar-refractivity contribution in [2.24, 2.45) is 0 Å². The summed E-state index contributed by atoms with van der Waals surface area (Å²) in [5, 5.41) is 28.1. The van der Waals surface area contributed by atoms with Crippen LogP contribution in [0.4, 0.5) is 5.95 Å². The van der Waals surface area contributed by atoms with Gasteiger partial charge in [0, 0.05) is 12.3 Å². The van der Waals surface area contributed by atoms with Gasteiger partial charge in [-0.2, -0.15) is 4.98 Å². The Hall–Kier alpha value is -1.19. The van der Waals surface area contributed by atoms with Crippen molar-refractivity contribution in [3.05, 3.63) is 22.6 Å². The Bertz CT molecular complexity index is 520. The van der Waals surface area contributed by atoms with Gasteiger partial charge in [0.2, 0.25) is 5.95 Å². The van der Waals surface area contributed by atoms with Gasteiger partial charge in [-0.05, 0) is 6.92 Å². The molecule has 0 aliphatic carbocycles. The van der Waals surface area contributed by atoms with Gasteiger partial charge in [-0.3, -0.25) is 14.6 Å². The molecule has 0 unspecified atom stereocenters. The van der Waals surface area contributed by atoms with Crippen molar-refractivity contribution in [3.63, 3.8) is 0 Å². The molecule has 0 spiro atoms. The van der Waals surface area contributed by atoms with Gasteiger partial charge in [0.25, 0.3) is 5.56 Å². The molecule has 1 aromatic heterocycles. The van der Waals surface area contributed by atoms with Crippen molar-refractivity contribution in [2.75, 3.05) is 12.1 Å². The fourth-order valence-corrected chi connectivity index (χ4v) is 2.35. The molecule has 0 bridgehead atoms. The van der Waals surface area contributed by atoms with Crippen LogP contribution in [0.2, 0.25) is 0 Å². The van der Waals surface area contributed by atoms with E-state index in [1.54, 1.807) is 5.48 Å². The number of nitrogens with zero attached hydrogens (tertiary/aromatic N) is 2. The van der Waals surface area contributed by atoms with E-state index in [4.69, 9.17) is 26.7 Å². The van der Waals surface area contributed by atoms with Crippen LogP contribution in [0, 0.1) is 0 Å². The van der Waals surface area contributed by atoms with Crippen molar-refractivity contribution < 1.29 is 20.2 Å². The summed E-state index contributed by atoms with van der Waals surface area (Å²) in [6.07, 6.45) is -1.57. The Morgan fingerprint density at radius 3 is 2.89 bits per heavy atom. The first-order valence-electron chi connectivity index (χ1n) is 5.54. The number of nitrogens with one attached hydrogen (secondary N) is 1. The largest absolute Gasteiger partial charge is 0.394 e. The molecular formula is C10H14ClN3O5. The number of halogens is 1. The third-order valence-electron chi connectivity index (χ3n) is 3.09. The van der Waals surface area contributed by atoms with Crippen LogP contribution >= 0.6 is 11.6 Å². The van der Waals surface area contributed by atoms with E-state index in [9.17, 15) is 9.90 Å². The van der Waals surface area contributed by atoms with Gasteiger partial charge in [0.05, 0.1) is 6.61 Å². The van der Waals surface area contributed by atoms with E-state index in [-0.39, 0.29) is 5.95 Å². The van der Waals surface area contributed by atoms with Crippen molar-refractivity contribution in [2.45, 2.75) is 30.2 Å². The Balaban J connectivity index is 2.44. The molecule has 0 amide bonds. The number of aromatic nitrogens is 2. The first kappa shape index (κ1) is 14.2. The van der Waals surface area contributed by atoms with Gasteiger partial charge in [-0.1, -0.05) is 0 Å². The first-order chi connectivity index (χ1) is 8.91. The predicted molar refractivity (Wildman–Crippen MR) is 65.2 cm³/mol. The second-order valence-corrected chi connectivity index (χ2v) is 5.23. The van der Waals surface area contributed by atoms with Crippen LogP contribution in [0.15, 0.2) is 17.1 Å². The van der Waals surface area contributed by atoms with E-state index in [2.05, 4.69) is 4.98 Å². The summed E-state index contributed by atoms with van der Waals surface area (Å²) in [5.74, 6) is -0.171. The lowest BCUT2D eigenvalue weighted by Gasteiger charge is -2.28. The Morgan fingerprint density at radius 1 is 1.68 bits per heavy atom. The number of aliphatic hydroxyl groups is 2. The fraction of sp³-hybridized carbons (Fsp3) is 0.600. The minimum atomic E-state index is -1.25. The van der Waals surface area contributed by atoms with E-state index in [0.717, 1.165) is 6.07 Å². The lowest BCUT2D eigenvalue weighted by Crippen LogP contribution is -2.40. The molecule has 0 radical (unpaired) electrons. The molecule has 1 fully saturated rings. The van der Waals surface area contributed by atoms with Crippen LogP contribution in [-0.2, 0) is 4.74 Å². The number of hydrogen-bond acceptors (Lipinski definition) is 7. The lowest BCUT2D eigenvalue weighted by molar-refractivity contribution is -0.0453. The Kier molecular flexibility index (Phi) is 3.79. The molecule has 8 nitrogen and oxygen atoms in total. The lowest BCUT2D eigenvalue weighted by atomic mass is 10.0. The summed E-state index contributed by atoms with van der Waals surface area (Å²) in [6, 6.07) is 1.16. The molecule has 19 heavy (non-hydrogen) atoms. The number of alkyl halides is 1. The van der Waals surface area contributed by atoms with Crippen LogP contribution < -0.4 is 11.0 Å². The summed E-state index contributed by atoms with van der Waals surface area (Å²) >= 11 is 6.24. The van der Waals surface area contributed by atoms with Crippen LogP contribution in [-0.4, -0.2) is 48.7 Å². The topological polar surface area (TPSA) is 117 Å². The maximum absolute atomic E-state index is 11.1. The molecule has 0 aromatic carbocycles. The highest BCUT2D eigenvalue weighted by Gasteiger charge is 2.53. The zero-order chi connectivity index (χ0) is 14.2. The molecular weight excluding hydrogens is 278 g/mol. The van der Waals surface area contributed by atoms with Gasteiger partial charge < -0.3 is 14.9 Å². The van der Waals surface area contributed by atoms with Crippen LogP contribution in [0.3, 0.4) is 0 Å². The van der Waals surface area contributed by atoms with Crippen LogP contribution in [0.25, 0.3) is 0 Å². The molecule has 2 rings (SSSR count). The standard InChI is InChI=1S/C10H14ClN3O5/c1-10(11)7(17)5(4-15)19-8(10)14-3-2-6(16)12-9(14)13-18/h2-3,5,7-8,15,17-18H,4H2,1H3,(H,12,13,16)/t5-,7-,8-,10-/m1/s1. The predicted octanol–water partition coefficient (Wildman–Crippen LogP) is -0.708. The molecule has 2 heterocycles. The first-order valence-corrected chi connectivity index (χ1v) is 5.92. The highest BCUT2D eigenvalue weighted by molar-refractivity contribution is 6.24. The number of rotatable bonds is 3. The van der Waals surface area contributed by atoms with Gasteiger partial charge in [-0.15, -0.1) is 11.6 Å². The summed E-state index contributed by atoms with van der Waals surface area (Å²) in [7, 11) is 0. The summed E-state index contributed by atoms with van der Waals surface area (Å²) in [6.45, 7) is 1.12. The summed E-state index contributed by atoms with van der Waals surface area (Å²) in [5.41, 5.74) is 1.21. The quantitative estimate of drug-likeness (QED) is 0.429. The summed E-state index contributed by atoms with van der Waals surface area (Å²) < 4.78 is 6.72. The molecule has 0 saturated carbocycles. The molecule has 1 aromatic rings. The number of ether oxygens (including phenoxy) is 1. The maximum Gasteiger partial charge on any atom is 0.274 e. The third kappa shape index (κ3) is 2.33. The van der Waals surface area contributed by atoms with E-state index >= 15 is 0 Å². The number of aliphatic hydroxyl groups excluding tert-OH is 2. The van der Waals surface area contributed by atoms with Crippen molar-refractivity contribution in [1.29, 1.82) is 0 Å². The third-order valence-corrected chi connectivity index (χ3v) is 3.50. The maximum atomic E-state index is 11.1. The molecule has 106 valence electrons. The molecule has 9 heteroatoms. The Morgan fingerprint density at radius 2 is 2.37 bits per heavy atom. The van der Waals surface area contributed by atoms with Gasteiger partial charge in [0.15, 0.2) is 6.23 Å². The SMILES string of the molecule is C[C@@]1(Cl)[C@H](O)[C@@H](CO)O[C@H]1n1ccc(=O)nc1NO. The van der Waals surface area contributed by atoms with Crippen molar-refractivity contribution in [3.8, 4) is 0 Å². The van der Waals surface area contributed by atoms with Gasteiger partial charge in [0.1, 0.15) is 17.1 Å². The molecule has 1 saturated heterocycles. The van der Waals surface area contributed by atoms with Gasteiger partial charge >= 0.3 is 0 Å². The number of anilines is 1. The second kappa shape index (κ2) is 5.06. The minimum absolute atomic E-state index is 0.171. The smallest absolute Gasteiger partial charge is 0.274 e. The zero-order valence-corrected chi connectivity index (χ0v) is 10.8. The van der Waals surface area contributed by atoms with Crippen LogP contribution in [0.5, 0.6) is 0 Å². The van der Waals surface area contributed by atoms with E-state index in [1.165, 1.54) is 17.7 Å². The van der Waals surface area contributed by atoms with Crippen molar-refractivity contribution in [1.82, 2.24) is 9.55 Å².